The Morgan fingerprint density at radius 3 is 2.42 bits per heavy atom. The van der Waals surface area contributed by atoms with Crippen LogP contribution in [0.4, 0.5) is 0 Å². The van der Waals surface area contributed by atoms with Crippen LogP contribution in [0.5, 0.6) is 11.5 Å². The SMILES string of the molecule is O=c1oc2ccccc2c(Oc2ccccc2)c1S. The highest BCUT2D eigenvalue weighted by atomic mass is 32.1. The number of hydrogen-bond donors (Lipinski definition) is 1. The minimum atomic E-state index is -0.507. The zero-order chi connectivity index (χ0) is 13.2. The van der Waals surface area contributed by atoms with Gasteiger partial charge in [0.05, 0.1) is 5.39 Å². The molecule has 1 heterocycles. The number of para-hydroxylation sites is 2. The summed E-state index contributed by atoms with van der Waals surface area (Å²) in [5.74, 6) is 1.06. The lowest BCUT2D eigenvalue weighted by molar-refractivity contribution is 0.456. The van der Waals surface area contributed by atoms with E-state index in [0.717, 1.165) is 5.39 Å². The number of ether oxygens (including phenoxy) is 1. The lowest BCUT2D eigenvalue weighted by Gasteiger charge is -2.09. The van der Waals surface area contributed by atoms with Gasteiger partial charge in [-0.05, 0) is 24.3 Å². The van der Waals surface area contributed by atoms with Crippen molar-refractivity contribution in [2.45, 2.75) is 4.90 Å². The summed E-state index contributed by atoms with van der Waals surface area (Å²) in [7, 11) is 0. The second kappa shape index (κ2) is 4.82. The lowest BCUT2D eigenvalue weighted by atomic mass is 10.2. The van der Waals surface area contributed by atoms with Crippen molar-refractivity contribution in [3.63, 3.8) is 0 Å². The van der Waals surface area contributed by atoms with Crippen molar-refractivity contribution < 1.29 is 9.15 Å². The van der Waals surface area contributed by atoms with Crippen LogP contribution >= 0.6 is 12.6 Å². The zero-order valence-electron chi connectivity index (χ0n) is 9.87. The molecule has 0 amide bonds. The van der Waals surface area contributed by atoms with Gasteiger partial charge in [-0.2, -0.15) is 0 Å². The number of thiol groups is 1. The molecule has 0 saturated carbocycles. The van der Waals surface area contributed by atoms with Gasteiger partial charge in [-0.3, -0.25) is 0 Å². The van der Waals surface area contributed by atoms with Crippen LogP contribution in [0.25, 0.3) is 11.0 Å². The second-order valence-corrected chi connectivity index (χ2v) is 4.43. The van der Waals surface area contributed by atoms with Crippen LogP contribution in [0, 0.1) is 0 Å². The van der Waals surface area contributed by atoms with E-state index in [-0.39, 0.29) is 4.90 Å². The van der Waals surface area contributed by atoms with Crippen molar-refractivity contribution in [2.75, 3.05) is 0 Å². The third kappa shape index (κ3) is 2.22. The molecular formula is C15H10O3S. The van der Waals surface area contributed by atoms with E-state index in [1.807, 2.05) is 42.5 Å². The fourth-order valence-electron chi connectivity index (χ4n) is 1.82. The summed E-state index contributed by atoms with van der Waals surface area (Å²) < 4.78 is 10.9. The Labute approximate surface area is 114 Å². The summed E-state index contributed by atoms with van der Waals surface area (Å²) >= 11 is 4.19. The minimum absolute atomic E-state index is 0.169. The maximum absolute atomic E-state index is 11.7. The van der Waals surface area contributed by atoms with Crippen molar-refractivity contribution in [3.8, 4) is 11.5 Å². The van der Waals surface area contributed by atoms with Crippen molar-refractivity contribution in [1.82, 2.24) is 0 Å². The molecule has 19 heavy (non-hydrogen) atoms. The molecule has 0 aliphatic carbocycles. The van der Waals surface area contributed by atoms with Crippen LogP contribution in [0.2, 0.25) is 0 Å². The Morgan fingerprint density at radius 1 is 0.947 bits per heavy atom. The number of fused-ring (bicyclic) bond motifs is 1. The van der Waals surface area contributed by atoms with Crippen LogP contribution in [0.1, 0.15) is 0 Å². The van der Waals surface area contributed by atoms with Crippen molar-refractivity contribution >= 4 is 23.6 Å². The van der Waals surface area contributed by atoms with E-state index >= 15 is 0 Å². The highest BCUT2D eigenvalue weighted by molar-refractivity contribution is 7.80. The van der Waals surface area contributed by atoms with Gasteiger partial charge in [0.1, 0.15) is 16.2 Å². The van der Waals surface area contributed by atoms with Crippen LogP contribution in [0.15, 0.2) is 68.7 Å². The molecule has 0 aliphatic rings. The second-order valence-electron chi connectivity index (χ2n) is 3.98. The molecule has 3 nitrogen and oxygen atoms in total. The first-order valence-corrected chi connectivity index (χ1v) is 6.18. The topological polar surface area (TPSA) is 39.4 Å². The molecule has 0 atom stereocenters. The van der Waals surface area contributed by atoms with Gasteiger partial charge in [0.2, 0.25) is 0 Å². The van der Waals surface area contributed by atoms with E-state index in [1.165, 1.54) is 0 Å². The average Bonchev–Trinajstić information content (AvgIpc) is 2.45. The summed E-state index contributed by atoms with van der Waals surface area (Å²) in [6, 6.07) is 16.5. The molecule has 0 radical (unpaired) electrons. The molecule has 1 aromatic heterocycles. The van der Waals surface area contributed by atoms with Crippen molar-refractivity contribution in [3.05, 3.63) is 65.0 Å². The molecule has 0 aliphatic heterocycles. The van der Waals surface area contributed by atoms with Crippen LogP contribution in [-0.4, -0.2) is 0 Å². The van der Waals surface area contributed by atoms with E-state index in [0.29, 0.717) is 17.1 Å². The van der Waals surface area contributed by atoms with Gasteiger partial charge in [-0.15, -0.1) is 12.6 Å². The van der Waals surface area contributed by atoms with E-state index < -0.39 is 5.63 Å². The minimum Gasteiger partial charge on any atom is -0.455 e. The molecule has 3 rings (SSSR count). The lowest BCUT2D eigenvalue weighted by Crippen LogP contribution is -2.03. The Hall–Kier alpha value is -2.20. The fraction of sp³-hybridized carbons (Fsp3) is 0. The Morgan fingerprint density at radius 2 is 1.63 bits per heavy atom. The highest BCUT2D eigenvalue weighted by Crippen LogP contribution is 2.33. The monoisotopic (exact) mass is 270 g/mol. The molecule has 0 saturated heterocycles. The summed E-state index contributed by atoms with van der Waals surface area (Å²) in [6.07, 6.45) is 0. The fourth-order valence-corrected chi connectivity index (χ4v) is 2.03. The van der Waals surface area contributed by atoms with Gasteiger partial charge in [-0.1, -0.05) is 30.3 Å². The van der Waals surface area contributed by atoms with Crippen LogP contribution in [-0.2, 0) is 0 Å². The third-order valence-electron chi connectivity index (χ3n) is 2.71. The summed E-state index contributed by atoms with van der Waals surface area (Å²) in [6.45, 7) is 0. The Balaban J connectivity index is 2.22. The predicted molar refractivity (Wildman–Crippen MR) is 76.3 cm³/mol. The molecule has 0 N–H and O–H groups in total. The molecule has 4 heteroatoms. The molecule has 0 spiro atoms. The summed E-state index contributed by atoms with van der Waals surface area (Å²) in [5.41, 5.74) is -0.0239. The van der Waals surface area contributed by atoms with Crippen molar-refractivity contribution in [2.24, 2.45) is 0 Å². The Kier molecular flexibility index (Phi) is 3.01. The highest BCUT2D eigenvalue weighted by Gasteiger charge is 2.13. The average molecular weight is 270 g/mol. The van der Waals surface area contributed by atoms with Crippen LogP contribution in [0.3, 0.4) is 0 Å². The molecular weight excluding hydrogens is 260 g/mol. The number of benzene rings is 2. The van der Waals surface area contributed by atoms with Gasteiger partial charge in [0, 0.05) is 0 Å². The quantitative estimate of drug-likeness (QED) is 0.567. The number of hydrogen-bond acceptors (Lipinski definition) is 4. The maximum Gasteiger partial charge on any atom is 0.353 e. The zero-order valence-corrected chi connectivity index (χ0v) is 10.8. The summed E-state index contributed by atoms with van der Waals surface area (Å²) in [5, 5.41) is 0.718. The Bertz CT molecular complexity index is 778. The first kappa shape index (κ1) is 11.9. The molecule has 94 valence electrons. The van der Waals surface area contributed by atoms with E-state index in [2.05, 4.69) is 12.6 Å². The normalized spacial score (nSPS) is 10.6. The van der Waals surface area contributed by atoms with Gasteiger partial charge >= 0.3 is 5.63 Å². The van der Waals surface area contributed by atoms with E-state index in [1.54, 1.807) is 12.1 Å². The van der Waals surface area contributed by atoms with Gasteiger partial charge in [-0.25, -0.2) is 4.79 Å². The molecule has 2 aromatic carbocycles. The standard InChI is InChI=1S/C15H10O3S/c16-15-14(19)13(17-10-6-2-1-3-7-10)11-8-4-5-9-12(11)18-15/h1-9,19H. The molecule has 0 bridgehead atoms. The summed E-state index contributed by atoms with van der Waals surface area (Å²) in [4.78, 5) is 11.9. The smallest absolute Gasteiger partial charge is 0.353 e. The predicted octanol–water partition coefficient (Wildman–Crippen LogP) is 3.87. The molecule has 3 aromatic rings. The van der Waals surface area contributed by atoms with Gasteiger partial charge in [0.15, 0.2) is 5.75 Å². The maximum atomic E-state index is 11.7. The van der Waals surface area contributed by atoms with Crippen molar-refractivity contribution in [1.29, 1.82) is 0 Å². The largest absolute Gasteiger partial charge is 0.455 e. The van der Waals surface area contributed by atoms with E-state index in [4.69, 9.17) is 9.15 Å². The van der Waals surface area contributed by atoms with Gasteiger partial charge in [0.25, 0.3) is 0 Å². The third-order valence-corrected chi connectivity index (χ3v) is 3.09. The first-order chi connectivity index (χ1) is 9.25. The molecule has 0 unspecified atom stereocenters. The van der Waals surface area contributed by atoms with Gasteiger partial charge < -0.3 is 9.15 Å². The number of rotatable bonds is 2. The first-order valence-electron chi connectivity index (χ1n) is 5.73. The molecule has 0 fully saturated rings. The van der Waals surface area contributed by atoms with E-state index in [9.17, 15) is 4.79 Å². The van der Waals surface area contributed by atoms with Crippen LogP contribution < -0.4 is 10.4 Å².